The van der Waals surface area contributed by atoms with Gasteiger partial charge in [0.1, 0.15) is 11.2 Å². The van der Waals surface area contributed by atoms with Crippen LogP contribution in [0.15, 0.2) is 168 Å². The number of para-hydroxylation sites is 1. The quantitative estimate of drug-likeness (QED) is 0.196. The third-order valence-corrected chi connectivity index (χ3v) is 8.38. The summed E-state index contributed by atoms with van der Waals surface area (Å²) < 4.78 is 47.9. The molecule has 0 fully saturated rings. The van der Waals surface area contributed by atoms with E-state index in [4.69, 9.17) is 26.2 Å². The van der Waals surface area contributed by atoms with E-state index in [0.29, 0.717) is 23.0 Å². The predicted octanol–water partition coefficient (Wildman–Crippen LogP) is 11.3. The Morgan fingerprint density at radius 3 is 1.85 bits per heavy atom. The summed E-state index contributed by atoms with van der Waals surface area (Å²) in [6.45, 7) is 0. The van der Waals surface area contributed by atoms with Gasteiger partial charge in [-0.3, -0.25) is 0 Å². The molecular formula is C43H27N3O. The molecular weight excluding hydrogens is 574 g/mol. The van der Waals surface area contributed by atoms with Crippen LogP contribution in [0.1, 0.15) is 6.85 Å². The number of rotatable bonds is 5. The molecule has 0 aliphatic heterocycles. The molecule has 2 aromatic heterocycles. The minimum atomic E-state index is -0.420. The Morgan fingerprint density at radius 2 is 1.06 bits per heavy atom. The van der Waals surface area contributed by atoms with Gasteiger partial charge in [0.25, 0.3) is 0 Å². The van der Waals surface area contributed by atoms with E-state index in [2.05, 4.69) is 24.3 Å². The first-order chi connectivity index (χ1) is 25.3. The Bertz CT molecular complexity index is 2830. The maximum absolute atomic E-state index is 8.53. The Hall–Kier alpha value is -6.39. The van der Waals surface area contributed by atoms with E-state index >= 15 is 0 Å². The summed E-state index contributed by atoms with van der Waals surface area (Å²) in [5, 5.41) is 3.59. The summed E-state index contributed by atoms with van der Waals surface area (Å²) in [5.41, 5.74) is 6.56. The molecule has 9 aromatic rings. The van der Waals surface area contributed by atoms with Crippen molar-refractivity contribution < 1.29 is 11.3 Å². The number of aromatic nitrogens is 3. The average molecular weight is 607 g/mol. The van der Waals surface area contributed by atoms with Crippen LogP contribution in [0.3, 0.4) is 0 Å². The van der Waals surface area contributed by atoms with Gasteiger partial charge in [0.2, 0.25) is 0 Å². The third kappa shape index (κ3) is 4.93. The molecule has 7 aromatic carbocycles. The van der Waals surface area contributed by atoms with Gasteiger partial charge >= 0.3 is 0 Å². The fraction of sp³-hybridized carbons (Fsp3) is 0. The summed E-state index contributed by atoms with van der Waals surface area (Å²) in [5.74, 6) is 1.47. The van der Waals surface area contributed by atoms with Crippen LogP contribution in [-0.4, -0.2) is 15.0 Å². The van der Waals surface area contributed by atoms with Gasteiger partial charge in [-0.2, -0.15) is 0 Å². The molecule has 0 aliphatic rings. The van der Waals surface area contributed by atoms with Crippen LogP contribution in [-0.2, 0) is 0 Å². The van der Waals surface area contributed by atoms with Crippen LogP contribution in [0.25, 0.3) is 89.1 Å². The highest BCUT2D eigenvalue weighted by atomic mass is 16.3. The molecule has 220 valence electrons. The van der Waals surface area contributed by atoms with Crippen LogP contribution in [0.5, 0.6) is 0 Å². The first kappa shape index (κ1) is 22.2. The summed E-state index contributed by atoms with van der Waals surface area (Å²) in [6, 6.07) is 41.8. The van der Waals surface area contributed by atoms with Gasteiger partial charge in [-0.1, -0.05) is 133 Å². The number of hydrogen-bond acceptors (Lipinski definition) is 4. The standard InChI is InChI=1S/C43H27N3O/c1-4-12-28(13-5-1)32-22-20-30-21-23-33(25-34(30)24-32)42-44-41(31-16-8-3-9-17-31)45-43(46-42)37-26-35(29-14-6-2-7-15-29)27-39-40(37)36-18-10-11-19-38(36)47-39/h1-27H/i1D,4D,5D,12D,13D. The molecule has 0 saturated heterocycles. The van der Waals surface area contributed by atoms with Crippen molar-refractivity contribution in [1.82, 2.24) is 15.0 Å². The first-order valence-corrected chi connectivity index (χ1v) is 15.3. The Morgan fingerprint density at radius 1 is 0.426 bits per heavy atom. The van der Waals surface area contributed by atoms with Crippen molar-refractivity contribution in [3.8, 4) is 56.4 Å². The van der Waals surface area contributed by atoms with Crippen LogP contribution < -0.4 is 0 Å². The molecule has 4 heteroatoms. The molecule has 0 aliphatic carbocycles. The minimum Gasteiger partial charge on any atom is -0.456 e. The van der Waals surface area contributed by atoms with Crippen molar-refractivity contribution in [2.45, 2.75) is 0 Å². The van der Waals surface area contributed by atoms with E-state index in [-0.39, 0.29) is 29.7 Å². The second-order valence-electron chi connectivity index (χ2n) is 11.3. The summed E-state index contributed by atoms with van der Waals surface area (Å²) in [7, 11) is 0. The van der Waals surface area contributed by atoms with E-state index in [1.54, 1.807) is 6.07 Å². The molecule has 4 nitrogen and oxygen atoms in total. The molecule has 0 bridgehead atoms. The molecule has 0 spiro atoms. The third-order valence-electron chi connectivity index (χ3n) is 8.38. The van der Waals surface area contributed by atoms with E-state index in [1.165, 1.54) is 0 Å². The highest BCUT2D eigenvalue weighted by Crippen LogP contribution is 2.40. The normalized spacial score (nSPS) is 12.9. The molecule has 0 atom stereocenters. The molecule has 9 rings (SSSR count). The number of fused-ring (bicyclic) bond motifs is 4. The zero-order valence-corrected chi connectivity index (χ0v) is 25.0. The van der Waals surface area contributed by atoms with Gasteiger partial charge in [-0.05, 0) is 63.4 Å². The number of furan rings is 1. The number of nitrogens with zero attached hydrogens (tertiary/aromatic N) is 3. The second-order valence-corrected chi connectivity index (χ2v) is 11.3. The average Bonchev–Trinajstić information content (AvgIpc) is 3.58. The van der Waals surface area contributed by atoms with E-state index in [0.717, 1.165) is 60.5 Å². The van der Waals surface area contributed by atoms with Crippen molar-refractivity contribution >= 4 is 32.7 Å². The summed E-state index contributed by atoms with van der Waals surface area (Å²) >= 11 is 0. The Labute approximate surface area is 278 Å². The largest absolute Gasteiger partial charge is 0.456 e. The minimum absolute atomic E-state index is 0.154. The highest BCUT2D eigenvalue weighted by Gasteiger charge is 2.19. The van der Waals surface area contributed by atoms with Gasteiger partial charge in [-0.15, -0.1) is 0 Å². The summed E-state index contributed by atoms with van der Waals surface area (Å²) in [4.78, 5) is 15.2. The highest BCUT2D eigenvalue weighted by molar-refractivity contribution is 6.13. The van der Waals surface area contributed by atoms with E-state index in [9.17, 15) is 0 Å². The van der Waals surface area contributed by atoms with Crippen molar-refractivity contribution in [3.63, 3.8) is 0 Å². The Balaban J connectivity index is 1.27. The molecule has 0 unspecified atom stereocenters. The Kier molecular flexibility index (Phi) is 5.28. The molecule has 0 amide bonds. The molecule has 0 radical (unpaired) electrons. The maximum atomic E-state index is 8.53. The second kappa shape index (κ2) is 11.2. The van der Waals surface area contributed by atoms with Crippen LogP contribution >= 0.6 is 0 Å². The van der Waals surface area contributed by atoms with Gasteiger partial charge < -0.3 is 4.42 Å². The lowest BCUT2D eigenvalue weighted by atomic mass is 9.98. The van der Waals surface area contributed by atoms with Crippen LogP contribution in [0.4, 0.5) is 0 Å². The van der Waals surface area contributed by atoms with Gasteiger partial charge in [-0.25, -0.2) is 15.0 Å². The lowest BCUT2D eigenvalue weighted by Crippen LogP contribution is -2.00. The van der Waals surface area contributed by atoms with E-state index in [1.807, 2.05) is 103 Å². The summed E-state index contributed by atoms with van der Waals surface area (Å²) in [6.07, 6.45) is 0. The van der Waals surface area contributed by atoms with Crippen LogP contribution in [0.2, 0.25) is 0 Å². The zero-order chi connectivity index (χ0) is 35.5. The maximum Gasteiger partial charge on any atom is 0.164 e. The van der Waals surface area contributed by atoms with Gasteiger partial charge in [0.15, 0.2) is 17.5 Å². The van der Waals surface area contributed by atoms with Crippen molar-refractivity contribution in [1.29, 1.82) is 0 Å². The number of hydrogen-bond donors (Lipinski definition) is 0. The predicted molar refractivity (Wildman–Crippen MR) is 192 cm³/mol. The van der Waals surface area contributed by atoms with E-state index < -0.39 is 6.04 Å². The zero-order valence-electron chi connectivity index (χ0n) is 30.0. The van der Waals surface area contributed by atoms with Crippen molar-refractivity contribution in [3.05, 3.63) is 164 Å². The molecule has 2 heterocycles. The number of benzene rings is 7. The molecule has 0 saturated carbocycles. The van der Waals surface area contributed by atoms with Crippen molar-refractivity contribution in [2.75, 3.05) is 0 Å². The molecule has 47 heavy (non-hydrogen) atoms. The van der Waals surface area contributed by atoms with Crippen molar-refractivity contribution in [2.24, 2.45) is 0 Å². The lowest BCUT2D eigenvalue weighted by molar-refractivity contribution is 0.669. The first-order valence-electron chi connectivity index (χ1n) is 17.8. The molecule has 0 N–H and O–H groups in total. The fourth-order valence-corrected chi connectivity index (χ4v) is 6.11. The van der Waals surface area contributed by atoms with Gasteiger partial charge in [0, 0.05) is 27.5 Å². The van der Waals surface area contributed by atoms with Crippen LogP contribution in [0, 0.1) is 0 Å². The van der Waals surface area contributed by atoms with Gasteiger partial charge in [0.05, 0.1) is 6.85 Å². The lowest BCUT2D eigenvalue weighted by Gasteiger charge is -2.12. The topological polar surface area (TPSA) is 51.8 Å². The SMILES string of the molecule is [2H]c1c([2H])c([2H])c(-c2ccc3ccc(-c4nc(-c5ccccc5)nc(-c5cc(-c6ccccc6)cc6oc7ccccc7c56)n4)cc3c2)c([2H])c1[2H]. The monoisotopic (exact) mass is 606 g/mol. The smallest absolute Gasteiger partial charge is 0.164 e. The fourth-order valence-electron chi connectivity index (χ4n) is 6.11.